The van der Waals surface area contributed by atoms with Crippen molar-refractivity contribution in [2.24, 2.45) is 0 Å². The Kier molecular flexibility index (Phi) is 5.03. The third-order valence-corrected chi connectivity index (χ3v) is 3.12. The van der Waals surface area contributed by atoms with E-state index in [1.54, 1.807) is 18.2 Å². The van der Waals surface area contributed by atoms with Crippen molar-refractivity contribution in [2.75, 3.05) is 33.4 Å². The number of carbonyl (C=O) groups excluding carboxylic acids is 2. The van der Waals surface area contributed by atoms with Gasteiger partial charge in [0.1, 0.15) is 19.8 Å². The maximum atomic E-state index is 12.6. The van der Waals surface area contributed by atoms with Gasteiger partial charge in [0, 0.05) is 6.54 Å². The van der Waals surface area contributed by atoms with Crippen LogP contribution in [0.5, 0.6) is 11.5 Å². The molecule has 114 valence electrons. The molecule has 0 atom stereocenters. The van der Waals surface area contributed by atoms with E-state index in [0.29, 0.717) is 36.8 Å². The van der Waals surface area contributed by atoms with Crippen molar-refractivity contribution in [2.45, 2.75) is 13.3 Å². The van der Waals surface area contributed by atoms with Gasteiger partial charge < -0.3 is 19.1 Å². The molecule has 2 rings (SSSR count). The minimum Gasteiger partial charge on any atom is -0.486 e. The molecule has 0 fully saturated rings. The molecule has 0 unspecified atom stereocenters. The van der Waals surface area contributed by atoms with Gasteiger partial charge in [-0.05, 0) is 18.6 Å². The Bertz CT molecular complexity index is 529. The summed E-state index contributed by atoms with van der Waals surface area (Å²) >= 11 is 0. The third kappa shape index (κ3) is 3.45. The molecule has 0 spiro atoms. The summed E-state index contributed by atoms with van der Waals surface area (Å²) in [6.45, 7) is 3.21. The first-order valence-corrected chi connectivity index (χ1v) is 6.92. The van der Waals surface area contributed by atoms with Crippen molar-refractivity contribution in [1.29, 1.82) is 0 Å². The van der Waals surface area contributed by atoms with Crippen molar-refractivity contribution in [3.8, 4) is 11.5 Å². The molecular weight excluding hydrogens is 274 g/mol. The van der Waals surface area contributed by atoms with E-state index < -0.39 is 5.97 Å². The van der Waals surface area contributed by atoms with Gasteiger partial charge in [0.2, 0.25) is 0 Å². The molecule has 1 amide bonds. The van der Waals surface area contributed by atoms with E-state index in [0.717, 1.165) is 6.42 Å². The van der Waals surface area contributed by atoms with Gasteiger partial charge in [-0.25, -0.2) is 0 Å². The molecule has 0 aromatic heterocycles. The first-order valence-electron chi connectivity index (χ1n) is 6.92. The lowest BCUT2D eigenvalue weighted by molar-refractivity contribution is -0.141. The number of para-hydroxylation sites is 1. The highest BCUT2D eigenvalue weighted by atomic mass is 16.6. The molecule has 0 N–H and O–H groups in total. The van der Waals surface area contributed by atoms with Crippen LogP contribution in [-0.2, 0) is 9.53 Å². The van der Waals surface area contributed by atoms with E-state index in [1.165, 1.54) is 12.0 Å². The SMILES string of the molecule is CCCN(CC(=O)OC)C(=O)c1cccc2c1OCCO2. The van der Waals surface area contributed by atoms with Gasteiger partial charge >= 0.3 is 5.97 Å². The summed E-state index contributed by atoms with van der Waals surface area (Å²) in [5.74, 6) is 0.296. The van der Waals surface area contributed by atoms with Gasteiger partial charge in [-0.15, -0.1) is 0 Å². The molecule has 0 saturated heterocycles. The van der Waals surface area contributed by atoms with Gasteiger partial charge in [0.15, 0.2) is 11.5 Å². The summed E-state index contributed by atoms with van der Waals surface area (Å²) in [4.78, 5) is 25.5. The molecule has 1 aliphatic heterocycles. The Labute approximate surface area is 123 Å². The summed E-state index contributed by atoms with van der Waals surface area (Å²) in [5, 5.41) is 0. The van der Waals surface area contributed by atoms with Crippen LogP contribution >= 0.6 is 0 Å². The molecule has 0 bridgehead atoms. The lowest BCUT2D eigenvalue weighted by atomic mass is 10.1. The van der Waals surface area contributed by atoms with Gasteiger partial charge in [-0.1, -0.05) is 13.0 Å². The number of carbonyl (C=O) groups is 2. The maximum absolute atomic E-state index is 12.6. The van der Waals surface area contributed by atoms with Gasteiger partial charge in [-0.3, -0.25) is 9.59 Å². The van der Waals surface area contributed by atoms with Gasteiger partial charge in [0.05, 0.1) is 12.7 Å². The van der Waals surface area contributed by atoms with Crippen LogP contribution in [0.2, 0.25) is 0 Å². The summed E-state index contributed by atoms with van der Waals surface area (Å²) in [5.41, 5.74) is 0.407. The number of ether oxygens (including phenoxy) is 3. The topological polar surface area (TPSA) is 65.1 Å². The fourth-order valence-electron chi connectivity index (χ4n) is 2.16. The first kappa shape index (κ1) is 15.2. The fourth-order valence-corrected chi connectivity index (χ4v) is 2.16. The molecule has 21 heavy (non-hydrogen) atoms. The predicted octanol–water partition coefficient (Wildman–Crippen LogP) is 1.48. The zero-order valence-corrected chi connectivity index (χ0v) is 12.3. The van der Waals surface area contributed by atoms with Gasteiger partial charge in [0.25, 0.3) is 5.91 Å². The summed E-state index contributed by atoms with van der Waals surface area (Å²) < 4.78 is 15.7. The number of benzene rings is 1. The largest absolute Gasteiger partial charge is 0.486 e. The normalized spacial score (nSPS) is 12.7. The summed E-state index contributed by atoms with van der Waals surface area (Å²) in [6, 6.07) is 5.18. The average molecular weight is 293 g/mol. The minimum absolute atomic E-state index is 0.0757. The standard InChI is InChI=1S/C15H19NO5/c1-3-7-16(10-13(17)19-2)15(18)11-5-4-6-12-14(11)21-9-8-20-12/h4-6H,3,7-10H2,1-2H3. The van der Waals surface area contributed by atoms with Crippen LogP contribution in [0.15, 0.2) is 18.2 Å². The second-order valence-corrected chi connectivity index (χ2v) is 4.63. The monoisotopic (exact) mass is 293 g/mol. The molecule has 1 aromatic rings. The number of amides is 1. The van der Waals surface area contributed by atoms with E-state index in [1.807, 2.05) is 6.92 Å². The van der Waals surface area contributed by atoms with Crippen LogP contribution in [-0.4, -0.2) is 50.2 Å². The van der Waals surface area contributed by atoms with E-state index in [2.05, 4.69) is 4.74 Å². The minimum atomic E-state index is -0.446. The molecule has 1 aromatic carbocycles. The molecule has 6 heteroatoms. The molecule has 6 nitrogen and oxygen atoms in total. The van der Waals surface area contributed by atoms with Crippen molar-refractivity contribution in [1.82, 2.24) is 4.90 Å². The average Bonchev–Trinajstić information content (AvgIpc) is 2.53. The Hall–Kier alpha value is -2.24. The van der Waals surface area contributed by atoms with E-state index >= 15 is 0 Å². The van der Waals surface area contributed by atoms with E-state index in [4.69, 9.17) is 9.47 Å². The molecule has 0 aliphatic carbocycles. The van der Waals surface area contributed by atoms with Crippen LogP contribution in [0.25, 0.3) is 0 Å². The quantitative estimate of drug-likeness (QED) is 0.769. The number of hydrogen-bond donors (Lipinski definition) is 0. The number of hydrogen-bond acceptors (Lipinski definition) is 5. The highest BCUT2D eigenvalue weighted by molar-refractivity contribution is 5.99. The molecule has 0 saturated carbocycles. The number of nitrogens with zero attached hydrogens (tertiary/aromatic N) is 1. The Morgan fingerprint density at radius 1 is 1.29 bits per heavy atom. The van der Waals surface area contributed by atoms with Crippen molar-refractivity contribution in [3.63, 3.8) is 0 Å². The zero-order valence-electron chi connectivity index (χ0n) is 12.3. The third-order valence-electron chi connectivity index (χ3n) is 3.12. The fraction of sp³-hybridized carbons (Fsp3) is 0.467. The lowest BCUT2D eigenvalue weighted by Crippen LogP contribution is -2.37. The van der Waals surface area contributed by atoms with E-state index in [9.17, 15) is 9.59 Å². The number of esters is 1. The smallest absolute Gasteiger partial charge is 0.325 e. The highest BCUT2D eigenvalue weighted by Gasteiger charge is 2.25. The van der Waals surface area contributed by atoms with Gasteiger partial charge in [-0.2, -0.15) is 0 Å². The van der Waals surface area contributed by atoms with E-state index in [-0.39, 0.29) is 12.5 Å². The van der Waals surface area contributed by atoms with Crippen LogP contribution in [0.4, 0.5) is 0 Å². The van der Waals surface area contributed by atoms with Crippen LogP contribution in [0, 0.1) is 0 Å². The lowest BCUT2D eigenvalue weighted by Gasteiger charge is -2.24. The van der Waals surface area contributed by atoms with Crippen molar-refractivity contribution < 1.29 is 23.8 Å². The second kappa shape index (κ2) is 6.97. The summed E-state index contributed by atoms with van der Waals surface area (Å²) in [6.07, 6.45) is 0.745. The predicted molar refractivity (Wildman–Crippen MR) is 75.6 cm³/mol. The summed E-state index contributed by atoms with van der Waals surface area (Å²) in [7, 11) is 1.30. The first-order chi connectivity index (χ1) is 10.2. The maximum Gasteiger partial charge on any atom is 0.325 e. The second-order valence-electron chi connectivity index (χ2n) is 4.63. The van der Waals surface area contributed by atoms with Crippen molar-refractivity contribution >= 4 is 11.9 Å². The highest BCUT2D eigenvalue weighted by Crippen LogP contribution is 2.34. The molecular formula is C15H19NO5. The molecule has 1 aliphatic rings. The molecule has 1 heterocycles. The Balaban J connectivity index is 2.26. The number of rotatable bonds is 5. The van der Waals surface area contributed by atoms with Crippen LogP contribution in [0.1, 0.15) is 23.7 Å². The van der Waals surface area contributed by atoms with Crippen LogP contribution in [0.3, 0.4) is 0 Å². The zero-order chi connectivity index (χ0) is 15.2. The number of methoxy groups -OCH3 is 1. The Morgan fingerprint density at radius 2 is 2.05 bits per heavy atom. The number of fused-ring (bicyclic) bond motifs is 1. The van der Waals surface area contributed by atoms with Crippen molar-refractivity contribution in [3.05, 3.63) is 23.8 Å². The molecule has 0 radical (unpaired) electrons. The van der Waals surface area contributed by atoms with Crippen LogP contribution < -0.4 is 9.47 Å². The Morgan fingerprint density at radius 3 is 2.76 bits per heavy atom.